The van der Waals surface area contributed by atoms with Crippen molar-refractivity contribution in [2.45, 2.75) is 18.6 Å². The normalized spacial score (nSPS) is 24.6. The SMILES string of the molecule is CN1CCO[C@H]2CCN(C(=O)c3n[nH]nc3-c3ccccc3)C[C@@H]21. The lowest BCUT2D eigenvalue weighted by molar-refractivity contribution is -0.0894. The Labute approximate surface area is 140 Å². The van der Waals surface area contributed by atoms with E-state index in [-0.39, 0.29) is 18.1 Å². The highest BCUT2D eigenvalue weighted by atomic mass is 16.5. The van der Waals surface area contributed by atoms with Crippen LogP contribution in [0.15, 0.2) is 30.3 Å². The highest BCUT2D eigenvalue weighted by molar-refractivity contribution is 5.98. The summed E-state index contributed by atoms with van der Waals surface area (Å²) >= 11 is 0. The monoisotopic (exact) mass is 327 g/mol. The lowest BCUT2D eigenvalue weighted by atomic mass is 9.98. The Morgan fingerprint density at radius 3 is 2.92 bits per heavy atom. The van der Waals surface area contributed by atoms with Gasteiger partial charge in [0.05, 0.1) is 18.8 Å². The predicted octanol–water partition coefficient (Wildman–Crippen LogP) is 1.02. The van der Waals surface area contributed by atoms with E-state index in [0.29, 0.717) is 24.5 Å². The maximum Gasteiger partial charge on any atom is 0.276 e. The number of aromatic amines is 1. The molecule has 2 aliphatic heterocycles. The summed E-state index contributed by atoms with van der Waals surface area (Å²) < 4.78 is 5.85. The summed E-state index contributed by atoms with van der Waals surface area (Å²) in [6.45, 7) is 3.03. The number of likely N-dealkylation sites (tertiary alicyclic amines) is 1. The number of nitrogens with zero attached hydrogens (tertiary/aromatic N) is 4. The second kappa shape index (κ2) is 6.33. The summed E-state index contributed by atoms with van der Waals surface area (Å²) in [5.41, 5.74) is 1.89. The molecule has 2 atom stereocenters. The van der Waals surface area contributed by atoms with Crippen molar-refractivity contribution in [2.75, 3.05) is 33.3 Å². The number of ether oxygens (including phenoxy) is 1. The molecule has 7 heteroatoms. The van der Waals surface area contributed by atoms with Crippen LogP contribution in [0.4, 0.5) is 0 Å². The van der Waals surface area contributed by atoms with Gasteiger partial charge in [-0.05, 0) is 13.5 Å². The lowest BCUT2D eigenvalue weighted by Crippen LogP contribution is -2.59. The van der Waals surface area contributed by atoms with Crippen molar-refractivity contribution in [3.63, 3.8) is 0 Å². The van der Waals surface area contributed by atoms with Crippen LogP contribution in [-0.4, -0.2) is 76.6 Å². The summed E-state index contributed by atoms with van der Waals surface area (Å²) in [5, 5.41) is 10.9. The largest absolute Gasteiger partial charge is 0.375 e. The molecule has 1 amide bonds. The minimum atomic E-state index is -0.0694. The van der Waals surface area contributed by atoms with Crippen molar-refractivity contribution in [2.24, 2.45) is 0 Å². The zero-order chi connectivity index (χ0) is 16.5. The van der Waals surface area contributed by atoms with E-state index in [1.807, 2.05) is 35.2 Å². The molecule has 126 valence electrons. The molecule has 0 bridgehead atoms. The van der Waals surface area contributed by atoms with Crippen molar-refractivity contribution in [1.29, 1.82) is 0 Å². The van der Waals surface area contributed by atoms with Gasteiger partial charge in [-0.1, -0.05) is 30.3 Å². The molecule has 2 aliphatic rings. The Kier molecular flexibility index (Phi) is 4.03. The number of aromatic nitrogens is 3. The smallest absolute Gasteiger partial charge is 0.276 e. The van der Waals surface area contributed by atoms with Gasteiger partial charge in [-0.2, -0.15) is 15.4 Å². The van der Waals surface area contributed by atoms with Crippen LogP contribution < -0.4 is 0 Å². The van der Waals surface area contributed by atoms with Crippen LogP contribution in [0.3, 0.4) is 0 Å². The van der Waals surface area contributed by atoms with Gasteiger partial charge in [0, 0.05) is 25.2 Å². The summed E-state index contributed by atoms with van der Waals surface area (Å²) in [4.78, 5) is 17.1. The Balaban J connectivity index is 1.56. The molecular weight excluding hydrogens is 306 g/mol. The number of hydrogen-bond donors (Lipinski definition) is 1. The van der Waals surface area contributed by atoms with Gasteiger partial charge in [0.1, 0.15) is 5.69 Å². The molecule has 4 rings (SSSR count). The van der Waals surface area contributed by atoms with E-state index in [1.165, 1.54) is 0 Å². The van der Waals surface area contributed by atoms with Gasteiger partial charge in [-0.25, -0.2) is 0 Å². The third kappa shape index (κ3) is 2.70. The molecule has 24 heavy (non-hydrogen) atoms. The Morgan fingerprint density at radius 1 is 1.25 bits per heavy atom. The van der Waals surface area contributed by atoms with Crippen LogP contribution in [0.2, 0.25) is 0 Å². The molecule has 1 aromatic carbocycles. The summed E-state index contributed by atoms with van der Waals surface area (Å²) in [5.74, 6) is -0.0694. The number of piperidine rings is 1. The van der Waals surface area contributed by atoms with Crippen LogP contribution in [-0.2, 0) is 4.74 Å². The number of benzene rings is 1. The van der Waals surface area contributed by atoms with E-state index >= 15 is 0 Å². The van der Waals surface area contributed by atoms with Crippen molar-refractivity contribution in [1.82, 2.24) is 25.2 Å². The average molecular weight is 327 g/mol. The third-order valence-corrected chi connectivity index (χ3v) is 4.95. The number of amides is 1. The minimum Gasteiger partial charge on any atom is -0.375 e. The van der Waals surface area contributed by atoms with Gasteiger partial charge < -0.3 is 9.64 Å². The van der Waals surface area contributed by atoms with Crippen LogP contribution in [0, 0.1) is 0 Å². The van der Waals surface area contributed by atoms with E-state index in [4.69, 9.17) is 4.74 Å². The van der Waals surface area contributed by atoms with Crippen molar-refractivity contribution in [3.8, 4) is 11.3 Å². The Hall–Kier alpha value is -2.25. The zero-order valence-corrected chi connectivity index (χ0v) is 13.7. The molecule has 1 N–H and O–H groups in total. The number of morpholine rings is 1. The number of H-pyrrole nitrogens is 1. The molecule has 2 saturated heterocycles. The highest BCUT2D eigenvalue weighted by Gasteiger charge is 2.38. The molecule has 1 aromatic heterocycles. The van der Waals surface area contributed by atoms with Gasteiger partial charge in [-0.15, -0.1) is 0 Å². The number of nitrogens with one attached hydrogen (secondary N) is 1. The van der Waals surface area contributed by atoms with E-state index in [9.17, 15) is 4.79 Å². The second-order valence-corrected chi connectivity index (χ2v) is 6.38. The van der Waals surface area contributed by atoms with Crippen LogP contribution in [0.25, 0.3) is 11.3 Å². The standard InChI is InChI=1S/C17H21N5O2/c1-21-9-10-24-14-7-8-22(11-13(14)21)17(23)16-15(18-20-19-16)12-5-3-2-4-6-12/h2-6,13-14H,7-11H2,1H3,(H,18,19,20)/t13-,14-/m0/s1. The fourth-order valence-electron chi connectivity index (χ4n) is 3.55. The van der Waals surface area contributed by atoms with Gasteiger partial charge in [0.15, 0.2) is 5.69 Å². The molecule has 3 heterocycles. The average Bonchev–Trinajstić information content (AvgIpc) is 3.12. The van der Waals surface area contributed by atoms with Gasteiger partial charge >= 0.3 is 0 Å². The van der Waals surface area contributed by atoms with E-state index in [1.54, 1.807) is 0 Å². The predicted molar refractivity (Wildman–Crippen MR) is 88.5 cm³/mol. The van der Waals surface area contributed by atoms with Gasteiger partial charge in [0.2, 0.25) is 0 Å². The van der Waals surface area contributed by atoms with Gasteiger partial charge in [-0.3, -0.25) is 9.69 Å². The van der Waals surface area contributed by atoms with E-state index < -0.39 is 0 Å². The quantitative estimate of drug-likeness (QED) is 0.891. The fourth-order valence-corrected chi connectivity index (χ4v) is 3.55. The van der Waals surface area contributed by atoms with Gasteiger partial charge in [0.25, 0.3) is 5.91 Å². The van der Waals surface area contributed by atoms with E-state index in [2.05, 4.69) is 27.4 Å². The van der Waals surface area contributed by atoms with Crippen molar-refractivity contribution < 1.29 is 9.53 Å². The van der Waals surface area contributed by atoms with Crippen LogP contribution in [0.1, 0.15) is 16.9 Å². The number of hydrogen-bond acceptors (Lipinski definition) is 5. The lowest BCUT2D eigenvalue weighted by Gasteiger charge is -2.45. The first kappa shape index (κ1) is 15.3. The maximum absolute atomic E-state index is 13.0. The first-order valence-electron chi connectivity index (χ1n) is 8.31. The van der Waals surface area contributed by atoms with E-state index in [0.717, 1.165) is 25.1 Å². The van der Waals surface area contributed by atoms with Crippen molar-refractivity contribution in [3.05, 3.63) is 36.0 Å². The number of carbonyl (C=O) groups is 1. The fraction of sp³-hybridized carbons (Fsp3) is 0.471. The van der Waals surface area contributed by atoms with Crippen LogP contribution >= 0.6 is 0 Å². The molecule has 0 saturated carbocycles. The third-order valence-electron chi connectivity index (χ3n) is 4.95. The number of rotatable bonds is 2. The summed E-state index contributed by atoms with van der Waals surface area (Å²) in [7, 11) is 2.10. The van der Waals surface area contributed by atoms with Crippen molar-refractivity contribution >= 4 is 5.91 Å². The number of carbonyl (C=O) groups excluding carboxylic acids is 1. The zero-order valence-electron chi connectivity index (χ0n) is 13.7. The minimum absolute atomic E-state index is 0.0694. The highest BCUT2D eigenvalue weighted by Crippen LogP contribution is 2.25. The first-order valence-corrected chi connectivity index (χ1v) is 8.31. The summed E-state index contributed by atoms with van der Waals surface area (Å²) in [6.07, 6.45) is 1.08. The Bertz CT molecular complexity index is 717. The molecule has 0 aliphatic carbocycles. The molecule has 2 aromatic rings. The molecule has 2 fully saturated rings. The molecule has 7 nitrogen and oxygen atoms in total. The first-order chi connectivity index (χ1) is 11.7. The Morgan fingerprint density at radius 2 is 2.08 bits per heavy atom. The molecular formula is C17H21N5O2. The maximum atomic E-state index is 13.0. The number of likely N-dealkylation sites (N-methyl/N-ethyl adjacent to an activating group) is 1. The molecule has 0 unspecified atom stereocenters. The van der Waals surface area contributed by atoms with Crippen LogP contribution in [0.5, 0.6) is 0 Å². The number of fused-ring (bicyclic) bond motifs is 1. The summed E-state index contributed by atoms with van der Waals surface area (Å²) in [6, 6.07) is 9.92. The molecule has 0 spiro atoms. The second-order valence-electron chi connectivity index (χ2n) is 6.38. The molecule has 0 radical (unpaired) electrons. The topological polar surface area (TPSA) is 74.3 Å².